The molecule has 0 bridgehead atoms. The molecule has 1 aliphatic heterocycles. The van der Waals surface area contributed by atoms with E-state index in [9.17, 15) is 0 Å². The van der Waals surface area contributed by atoms with Gasteiger partial charge in [-0.15, -0.1) is 0 Å². The third kappa shape index (κ3) is 3.09. The first-order valence-electron chi connectivity index (χ1n) is 6.89. The molecule has 18 heavy (non-hydrogen) atoms. The molecule has 1 aliphatic rings. The van der Waals surface area contributed by atoms with Crippen molar-refractivity contribution in [3.8, 4) is 0 Å². The third-order valence-electron chi connectivity index (χ3n) is 3.70. The minimum atomic E-state index is 0.337. The van der Waals surface area contributed by atoms with Gasteiger partial charge in [-0.2, -0.15) is 0 Å². The van der Waals surface area contributed by atoms with E-state index in [2.05, 4.69) is 49.7 Å². The first-order chi connectivity index (χ1) is 8.58. The zero-order chi connectivity index (χ0) is 13.1. The van der Waals surface area contributed by atoms with Crippen LogP contribution in [0, 0.1) is 0 Å². The topological polar surface area (TPSA) is 25.4 Å². The number of rotatable bonds is 3. The molecule has 0 saturated carbocycles. The van der Waals surface area contributed by atoms with Crippen molar-refractivity contribution in [1.82, 2.24) is 9.88 Å². The highest BCUT2D eigenvalue weighted by Gasteiger charge is 2.22. The average molecular weight is 248 g/mol. The lowest BCUT2D eigenvalue weighted by Crippen LogP contribution is -2.42. The van der Waals surface area contributed by atoms with Gasteiger partial charge in [-0.05, 0) is 31.4 Å². The zero-order valence-corrected chi connectivity index (χ0v) is 11.9. The summed E-state index contributed by atoms with van der Waals surface area (Å²) in [7, 11) is 0. The van der Waals surface area contributed by atoms with Gasteiger partial charge >= 0.3 is 0 Å². The lowest BCUT2D eigenvalue weighted by molar-refractivity contribution is -0.0320. The van der Waals surface area contributed by atoms with E-state index in [4.69, 9.17) is 4.74 Å². The van der Waals surface area contributed by atoms with Gasteiger partial charge < -0.3 is 4.74 Å². The van der Waals surface area contributed by atoms with Gasteiger partial charge in [-0.3, -0.25) is 9.88 Å². The monoisotopic (exact) mass is 248 g/mol. The van der Waals surface area contributed by atoms with Crippen LogP contribution >= 0.6 is 0 Å². The maximum Gasteiger partial charge on any atom is 0.0674 e. The van der Waals surface area contributed by atoms with Crippen LogP contribution in [0.1, 0.15) is 50.9 Å². The molecule has 0 spiro atoms. The Balaban J connectivity index is 2.05. The smallest absolute Gasteiger partial charge is 0.0674 e. The van der Waals surface area contributed by atoms with Gasteiger partial charge in [0.1, 0.15) is 0 Å². The fourth-order valence-electron chi connectivity index (χ4n) is 2.41. The number of hydrogen-bond donors (Lipinski definition) is 0. The second-order valence-corrected chi connectivity index (χ2v) is 5.52. The fraction of sp³-hybridized carbons (Fsp3) is 0.667. The summed E-state index contributed by atoms with van der Waals surface area (Å²) < 4.78 is 5.59. The molecule has 2 heterocycles. The lowest BCUT2D eigenvalue weighted by atomic mass is 10.0. The van der Waals surface area contributed by atoms with Crippen LogP contribution in [-0.2, 0) is 4.74 Å². The summed E-state index contributed by atoms with van der Waals surface area (Å²) in [4.78, 5) is 7.03. The van der Waals surface area contributed by atoms with Crippen molar-refractivity contribution in [2.45, 2.75) is 45.8 Å². The number of pyridine rings is 1. The highest BCUT2D eigenvalue weighted by molar-refractivity contribution is 5.19. The number of ether oxygens (including phenoxy) is 1. The molecule has 0 N–H and O–H groups in total. The lowest BCUT2D eigenvalue weighted by Gasteiger charge is -2.35. The van der Waals surface area contributed by atoms with Crippen LogP contribution in [0.4, 0.5) is 0 Å². The molecule has 0 amide bonds. The highest BCUT2D eigenvalue weighted by Crippen LogP contribution is 2.23. The van der Waals surface area contributed by atoms with Crippen LogP contribution in [0.15, 0.2) is 18.3 Å². The molecule has 1 fully saturated rings. The Morgan fingerprint density at radius 1 is 1.33 bits per heavy atom. The predicted molar refractivity (Wildman–Crippen MR) is 73.7 cm³/mol. The van der Waals surface area contributed by atoms with E-state index in [1.807, 2.05) is 6.20 Å². The van der Waals surface area contributed by atoms with E-state index < -0.39 is 0 Å². The molecule has 3 nitrogen and oxygen atoms in total. The number of morpholine rings is 1. The molecule has 1 aromatic rings. The molecule has 1 aromatic heterocycles. The first-order valence-corrected chi connectivity index (χ1v) is 6.89. The van der Waals surface area contributed by atoms with Crippen LogP contribution < -0.4 is 0 Å². The average Bonchev–Trinajstić information content (AvgIpc) is 2.38. The van der Waals surface area contributed by atoms with Crippen LogP contribution in [-0.4, -0.2) is 35.7 Å². The normalized spacial score (nSPS) is 23.3. The number of aromatic nitrogens is 1. The van der Waals surface area contributed by atoms with Crippen LogP contribution in [0.25, 0.3) is 0 Å². The van der Waals surface area contributed by atoms with Crippen molar-refractivity contribution < 1.29 is 4.74 Å². The molecule has 0 aliphatic carbocycles. The van der Waals surface area contributed by atoms with Crippen molar-refractivity contribution >= 4 is 0 Å². The van der Waals surface area contributed by atoms with Crippen molar-refractivity contribution in [2.24, 2.45) is 0 Å². The summed E-state index contributed by atoms with van der Waals surface area (Å²) in [5, 5.41) is 0. The van der Waals surface area contributed by atoms with Gasteiger partial charge in [0.15, 0.2) is 0 Å². The molecular weight excluding hydrogens is 224 g/mol. The molecular formula is C15H24N2O. The Morgan fingerprint density at radius 2 is 2.11 bits per heavy atom. The van der Waals surface area contributed by atoms with Crippen molar-refractivity contribution in [3.63, 3.8) is 0 Å². The number of hydrogen-bond acceptors (Lipinski definition) is 3. The standard InChI is InChI=1S/C15H24N2O/c1-11(2)15-6-5-14(9-16-15)13(4)17-7-8-18-12(3)10-17/h5-6,9,11-13H,7-8,10H2,1-4H3/t12-,13?/m1/s1. The Hall–Kier alpha value is -0.930. The Bertz CT molecular complexity index is 375. The first kappa shape index (κ1) is 13.5. The highest BCUT2D eigenvalue weighted by atomic mass is 16.5. The van der Waals surface area contributed by atoms with Crippen molar-refractivity contribution in [2.75, 3.05) is 19.7 Å². The van der Waals surface area contributed by atoms with Crippen LogP contribution in [0.5, 0.6) is 0 Å². The van der Waals surface area contributed by atoms with Crippen LogP contribution in [0.2, 0.25) is 0 Å². The summed E-state index contributed by atoms with van der Waals surface area (Å²) in [5.74, 6) is 0.498. The predicted octanol–water partition coefficient (Wildman–Crippen LogP) is 2.99. The summed E-state index contributed by atoms with van der Waals surface area (Å²) >= 11 is 0. The summed E-state index contributed by atoms with van der Waals surface area (Å²) in [5.41, 5.74) is 2.47. The summed E-state index contributed by atoms with van der Waals surface area (Å²) in [6.07, 6.45) is 2.37. The van der Waals surface area contributed by atoms with Gasteiger partial charge in [0.05, 0.1) is 12.7 Å². The quantitative estimate of drug-likeness (QED) is 0.822. The van der Waals surface area contributed by atoms with E-state index >= 15 is 0 Å². The molecule has 1 saturated heterocycles. The third-order valence-corrected chi connectivity index (χ3v) is 3.70. The van der Waals surface area contributed by atoms with Gasteiger partial charge in [-0.25, -0.2) is 0 Å². The second-order valence-electron chi connectivity index (χ2n) is 5.52. The van der Waals surface area contributed by atoms with Gasteiger partial charge in [0.25, 0.3) is 0 Å². The molecule has 0 radical (unpaired) electrons. The molecule has 100 valence electrons. The van der Waals surface area contributed by atoms with Gasteiger partial charge in [0, 0.05) is 31.0 Å². The molecule has 2 rings (SSSR count). The fourth-order valence-corrected chi connectivity index (χ4v) is 2.41. The largest absolute Gasteiger partial charge is 0.376 e. The van der Waals surface area contributed by atoms with E-state index in [1.54, 1.807) is 0 Å². The number of nitrogens with zero attached hydrogens (tertiary/aromatic N) is 2. The summed E-state index contributed by atoms with van der Waals surface area (Å²) in [6, 6.07) is 4.79. The van der Waals surface area contributed by atoms with E-state index in [0.29, 0.717) is 18.1 Å². The molecule has 1 unspecified atom stereocenters. The minimum absolute atomic E-state index is 0.337. The van der Waals surface area contributed by atoms with Gasteiger partial charge in [0.2, 0.25) is 0 Å². The molecule has 3 heteroatoms. The maximum absolute atomic E-state index is 5.59. The zero-order valence-electron chi connectivity index (χ0n) is 11.9. The maximum atomic E-state index is 5.59. The molecule has 2 atom stereocenters. The van der Waals surface area contributed by atoms with E-state index in [0.717, 1.165) is 19.7 Å². The van der Waals surface area contributed by atoms with E-state index in [-0.39, 0.29) is 0 Å². The van der Waals surface area contributed by atoms with Crippen molar-refractivity contribution in [3.05, 3.63) is 29.6 Å². The van der Waals surface area contributed by atoms with Crippen LogP contribution in [0.3, 0.4) is 0 Å². The minimum Gasteiger partial charge on any atom is -0.376 e. The van der Waals surface area contributed by atoms with E-state index in [1.165, 1.54) is 11.3 Å². The SMILES string of the molecule is CC(C)c1ccc(C(C)N2CCO[C@H](C)C2)cn1. The second kappa shape index (κ2) is 5.81. The van der Waals surface area contributed by atoms with Gasteiger partial charge in [-0.1, -0.05) is 19.9 Å². The molecule has 0 aromatic carbocycles. The Labute approximate surface area is 110 Å². The van der Waals surface area contributed by atoms with Crippen molar-refractivity contribution in [1.29, 1.82) is 0 Å². The Morgan fingerprint density at radius 3 is 2.67 bits per heavy atom. The Kier molecular flexibility index (Phi) is 4.36. The summed E-state index contributed by atoms with van der Waals surface area (Å²) in [6.45, 7) is 11.6.